The van der Waals surface area contributed by atoms with Crippen molar-refractivity contribution in [2.75, 3.05) is 13.2 Å². The van der Waals surface area contributed by atoms with Gasteiger partial charge in [0.15, 0.2) is 0 Å². The summed E-state index contributed by atoms with van der Waals surface area (Å²) in [7, 11) is 0. The van der Waals surface area contributed by atoms with Gasteiger partial charge in [-0.1, -0.05) is 17.7 Å². The number of hydrogen-bond acceptors (Lipinski definition) is 3. The van der Waals surface area contributed by atoms with Crippen LogP contribution in [0.4, 0.5) is 0 Å². The number of amides is 1. The van der Waals surface area contributed by atoms with Crippen LogP contribution >= 0.6 is 27.5 Å². The number of nitrogens with one attached hydrogen (secondary N) is 1. The summed E-state index contributed by atoms with van der Waals surface area (Å²) < 4.78 is 5.98. The van der Waals surface area contributed by atoms with Crippen LogP contribution in [-0.2, 0) is 4.74 Å². The molecule has 2 atom stereocenters. The van der Waals surface area contributed by atoms with Gasteiger partial charge in [0, 0.05) is 24.0 Å². The van der Waals surface area contributed by atoms with E-state index >= 15 is 0 Å². The maximum Gasteiger partial charge on any atom is 0.252 e. The second kappa shape index (κ2) is 5.79. The first kappa shape index (κ1) is 14.8. The number of benzene rings is 1. The molecule has 1 aromatic rings. The van der Waals surface area contributed by atoms with Crippen LogP contribution < -0.4 is 5.32 Å². The highest BCUT2D eigenvalue weighted by atomic mass is 79.9. The molecular formula is C13H15BrClNO3. The predicted octanol–water partition coefficient (Wildman–Crippen LogP) is 2.37. The van der Waals surface area contributed by atoms with Crippen LogP contribution in [0.1, 0.15) is 23.7 Å². The number of halogens is 2. The molecule has 0 spiro atoms. The van der Waals surface area contributed by atoms with Crippen molar-refractivity contribution in [3.63, 3.8) is 0 Å². The number of rotatable bonds is 3. The van der Waals surface area contributed by atoms with E-state index in [0.717, 1.165) is 0 Å². The van der Waals surface area contributed by atoms with E-state index < -0.39 is 5.60 Å². The van der Waals surface area contributed by atoms with Crippen molar-refractivity contribution >= 4 is 33.4 Å². The van der Waals surface area contributed by atoms with Gasteiger partial charge < -0.3 is 15.2 Å². The van der Waals surface area contributed by atoms with Gasteiger partial charge in [0.05, 0.1) is 16.7 Å². The van der Waals surface area contributed by atoms with Gasteiger partial charge in [0.2, 0.25) is 0 Å². The molecule has 1 amide bonds. The Morgan fingerprint density at radius 1 is 1.68 bits per heavy atom. The van der Waals surface area contributed by atoms with Crippen LogP contribution in [0, 0.1) is 0 Å². The minimum absolute atomic E-state index is 0.149. The molecule has 6 heteroatoms. The monoisotopic (exact) mass is 347 g/mol. The Kier molecular flexibility index (Phi) is 4.50. The molecule has 1 saturated heterocycles. The van der Waals surface area contributed by atoms with Gasteiger partial charge in [0.25, 0.3) is 5.91 Å². The summed E-state index contributed by atoms with van der Waals surface area (Å²) in [5.41, 5.74) is -0.625. The van der Waals surface area contributed by atoms with Gasteiger partial charge in [-0.3, -0.25) is 4.79 Å². The average Bonchev–Trinajstić information content (AvgIpc) is 2.71. The van der Waals surface area contributed by atoms with Crippen LogP contribution in [0.3, 0.4) is 0 Å². The number of carbonyl (C=O) groups excluding carboxylic acids is 1. The second-order valence-corrected chi connectivity index (χ2v) is 5.88. The highest BCUT2D eigenvalue weighted by molar-refractivity contribution is 9.10. The van der Waals surface area contributed by atoms with E-state index in [2.05, 4.69) is 21.2 Å². The smallest absolute Gasteiger partial charge is 0.252 e. The predicted molar refractivity (Wildman–Crippen MR) is 76.5 cm³/mol. The van der Waals surface area contributed by atoms with Crippen LogP contribution in [0.15, 0.2) is 22.7 Å². The van der Waals surface area contributed by atoms with Crippen molar-refractivity contribution < 1.29 is 14.6 Å². The highest BCUT2D eigenvalue weighted by Crippen LogP contribution is 2.27. The van der Waals surface area contributed by atoms with E-state index in [1.165, 1.54) is 0 Å². The van der Waals surface area contributed by atoms with E-state index in [1.54, 1.807) is 25.1 Å². The summed E-state index contributed by atoms with van der Waals surface area (Å²) >= 11 is 9.32. The lowest BCUT2D eigenvalue weighted by Crippen LogP contribution is -2.47. The maximum atomic E-state index is 12.1. The van der Waals surface area contributed by atoms with Gasteiger partial charge in [-0.15, -0.1) is 0 Å². The molecule has 1 aromatic carbocycles. The molecule has 1 fully saturated rings. The molecule has 2 rings (SSSR count). The average molecular weight is 349 g/mol. The van der Waals surface area contributed by atoms with E-state index in [1.807, 2.05) is 0 Å². The van der Waals surface area contributed by atoms with Crippen LogP contribution in [0.25, 0.3) is 0 Å². The van der Waals surface area contributed by atoms with E-state index in [9.17, 15) is 9.90 Å². The largest absolute Gasteiger partial charge is 0.385 e. The first-order valence-electron chi connectivity index (χ1n) is 6.00. The molecule has 4 nitrogen and oxygen atoms in total. The summed E-state index contributed by atoms with van der Waals surface area (Å²) in [5.74, 6) is -0.307. The Bertz CT molecular complexity index is 497. The molecule has 1 heterocycles. The fourth-order valence-corrected chi connectivity index (χ4v) is 2.59. The van der Waals surface area contributed by atoms with E-state index in [4.69, 9.17) is 16.3 Å². The van der Waals surface area contributed by atoms with Crippen molar-refractivity contribution in [3.05, 3.63) is 33.3 Å². The van der Waals surface area contributed by atoms with Crippen LogP contribution in [0.5, 0.6) is 0 Å². The Balaban J connectivity index is 2.04. The zero-order valence-corrected chi connectivity index (χ0v) is 12.8. The van der Waals surface area contributed by atoms with Crippen LogP contribution in [0.2, 0.25) is 5.02 Å². The summed E-state index contributed by atoms with van der Waals surface area (Å²) in [6.45, 7) is 2.45. The van der Waals surface area contributed by atoms with E-state index in [-0.39, 0.29) is 18.6 Å². The number of aliphatic hydroxyl groups is 1. The number of hydrogen-bond donors (Lipinski definition) is 2. The lowest BCUT2D eigenvalue weighted by atomic mass is 9.96. The first-order valence-corrected chi connectivity index (χ1v) is 7.17. The first-order chi connectivity index (χ1) is 8.94. The fraction of sp³-hybridized carbons (Fsp3) is 0.462. The molecule has 0 aromatic heterocycles. The molecule has 19 heavy (non-hydrogen) atoms. The molecule has 2 N–H and O–H groups in total. The molecule has 104 valence electrons. The van der Waals surface area contributed by atoms with Gasteiger partial charge in [0.1, 0.15) is 5.60 Å². The van der Waals surface area contributed by atoms with Gasteiger partial charge in [-0.05, 0) is 35.0 Å². The molecule has 0 bridgehead atoms. The third-order valence-corrected chi connectivity index (χ3v) is 4.71. The zero-order chi connectivity index (χ0) is 14.0. The zero-order valence-electron chi connectivity index (χ0n) is 10.5. The maximum absolute atomic E-state index is 12.1. The lowest BCUT2D eigenvalue weighted by Gasteiger charge is -2.26. The summed E-state index contributed by atoms with van der Waals surface area (Å²) in [5, 5.41) is 13.4. The van der Waals surface area contributed by atoms with Crippen molar-refractivity contribution in [1.29, 1.82) is 0 Å². The Labute approximate surface area is 125 Å². The van der Waals surface area contributed by atoms with E-state index in [0.29, 0.717) is 28.1 Å². The number of ether oxygens (including phenoxy) is 1. The fourth-order valence-electron chi connectivity index (χ4n) is 2.01. The van der Waals surface area contributed by atoms with Gasteiger partial charge in [-0.2, -0.15) is 0 Å². The molecule has 0 radical (unpaired) electrons. The van der Waals surface area contributed by atoms with Gasteiger partial charge in [-0.25, -0.2) is 0 Å². The Hall–Kier alpha value is -0.620. The lowest BCUT2D eigenvalue weighted by molar-refractivity contribution is -0.0251. The quantitative estimate of drug-likeness (QED) is 0.882. The molecule has 1 aliphatic rings. The summed E-state index contributed by atoms with van der Waals surface area (Å²) in [6.07, 6.45) is 0.228. The standard InChI is InChI=1S/C13H15BrClNO3/c1-8-13(18,5-6-19-8)7-16-12(17)9-3-2-4-10(14)11(9)15/h2-4,8,18H,5-7H2,1H3,(H,16,17). The highest BCUT2D eigenvalue weighted by Gasteiger charge is 2.39. The molecule has 0 saturated carbocycles. The third kappa shape index (κ3) is 3.11. The Morgan fingerprint density at radius 2 is 2.42 bits per heavy atom. The molecule has 0 aliphatic carbocycles. The summed E-state index contributed by atoms with van der Waals surface area (Å²) in [6, 6.07) is 5.14. The van der Waals surface area contributed by atoms with Crippen molar-refractivity contribution in [3.8, 4) is 0 Å². The van der Waals surface area contributed by atoms with Crippen molar-refractivity contribution in [2.45, 2.75) is 25.0 Å². The minimum atomic E-state index is -1.01. The third-order valence-electron chi connectivity index (χ3n) is 3.41. The molecule has 2 unspecified atom stereocenters. The minimum Gasteiger partial charge on any atom is -0.385 e. The van der Waals surface area contributed by atoms with Crippen molar-refractivity contribution in [1.82, 2.24) is 5.32 Å². The summed E-state index contributed by atoms with van der Waals surface area (Å²) in [4.78, 5) is 12.1. The SMILES string of the molecule is CC1OCCC1(O)CNC(=O)c1cccc(Br)c1Cl. The molecule has 1 aliphatic heterocycles. The van der Waals surface area contributed by atoms with Gasteiger partial charge >= 0.3 is 0 Å². The molecular weight excluding hydrogens is 334 g/mol. The second-order valence-electron chi connectivity index (χ2n) is 4.65. The van der Waals surface area contributed by atoms with Crippen molar-refractivity contribution in [2.24, 2.45) is 0 Å². The normalized spacial score (nSPS) is 26.4. The topological polar surface area (TPSA) is 58.6 Å². The number of carbonyl (C=O) groups is 1. The Morgan fingerprint density at radius 3 is 3.05 bits per heavy atom. The van der Waals surface area contributed by atoms with Crippen LogP contribution in [-0.4, -0.2) is 35.9 Å².